The van der Waals surface area contributed by atoms with E-state index in [0.29, 0.717) is 0 Å². The van der Waals surface area contributed by atoms with E-state index in [1.54, 1.807) is 0 Å². The highest BCUT2D eigenvalue weighted by Gasteiger charge is 1.94. The van der Waals surface area contributed by atoms with E-state index in [1.807, 2.05) is 0 Å². The fourth-order valence-electron chi connectivity index (χ4n) is 3.76. The van der Waals surface area contributed by atoms with Crippen LogP contribution in [0.4, 0.5) is 0 Å². The first-order valence-corrected chi connectivity index (χ1v) is 12.9. The summed E-state index contributed by atoms with van der Waals surface area (Å²) in [6.45, 7) is 4.58. The number of hydrogen-bond donors (Lipinski definition) is 0. The van der Waals surface area contributed by atoms with Gasteiger partial charge in [-0.2, -0.15) is 0 Å². The fourth-order valence-corrected chi connectivity index (χ4v) is 3.76. The van der Waals surface area contributed by atoms with Crippen LogP contribution in [0.5, 0.6) is 0 Å². The summed E-state index contributed by atoms with van der Waals surface area (Å²) in [5.74, 6) is 6.77. The smallest absolute Gasteiger partial charge is 0.00886 e. The van der Waals surface area contributed by atoms with Crippen molar-refractivity contribution in [3.05, 3.63) is 0 Å². The molecule has 0 amide bonds. The van der Waals surface area contributed by atoms with E-state index in [-0.39, 0.29) is 0 Å². The highest BCUT2D eigenvalue weighted by Crippen LogP contribution is 2.13. The van der Waals surface area contributed by atoms with Crippen molar-refractivity contribution in [2.24, 2.45) is 0 Å². The maximum Gasteiger partial charge on any atom is 0.00886 e. The highest BCUT2D eigenvalue weighted by atomic mass is 14.0. The largest absolute Gasteiger partial charge is 0.103 e. The average Bonchev–Trinajstić information content (AvgIpc) is 2.68. The molecule has 0 rings (SSSR count). The molecule has 0 heteroatoms. The van der Waals surface area contributed by atoms with Crippen LogP contribution >= 0.6 is 0 Å². The summed E-state index contributed by atoms with van der Waals surface area (Å²) < 4.78 is 0. The summed E-state index contributed by atoms with van der Waals surface area (Å²) in [5.41, 5.74) is 0. The molecule has 0 aromatic carbocycles. The third-order valence-electron chi connectivity index (χ3n) is 5.69. The van der Waals surface area contributed by atoms with Gasteiger partial charge in [-0.05, 0) is 12.8 Å². The number of unbranched alkanes of at least 4 members (excludes halogenated alkanes) is 21. The van der Waals surface area contributed by atoms with Gasteiger partial charge >= 0.3 is 0 Å². The van der Waals surface area contributed by atoms with Gasteiger partial charge in [0.25, 0.3) is 0 Å². The molecule has 0 aliphatic heterocycles. The third kappa shape index (κ3) is 25.6. The molecule has 0 unspecified atom stereocenters. The zero-order valence-corrected chi connectivity index (χ0v) is 19.3. The van der Waals surface area contributed by atoms with Crippen LogP contribution in [-0.2, 0) is 0 Å². The van der Waals surface area contributed by atoms with Gasteiger partial charge in [-0.25, -0.2) is 0 Å². The molecule has 0 aromatic rings. The van der Waals surface area contributed by atoms with Crippen molar-refractivity contribution in [1.29, 1.82) is 0 Å². The van der Waals surface area contributed by atoms with Gasteiger partial charge in [-0.1, -0.05) is 136 Å². The Morgan fingerprint density at radius 1 is 0.296 bits per heavy atom. The van der Waals surface area contributed by atoms with Crippen LogP contribution in [0.3, 0.4) is 0 Å². The van der Waals surface area contributed by atoms with Crippen molar-refractivity contribution in [1.82, 2.24) is 0 Å². The summed E-state index contributed by atoms with van der Waals surface area (Å²) >= 11 is 0. The zero-order valence-electron chi connectivity index (χ0n) is 19.3. The lowest BCUT2D eigenvalue weighted by molar-refractivity contribution is 0.536. The summed E-state index contributed by atoms with van der Waals surface area (Å²) in [6, 6.07) is 0. The van der Waals surface area contributed by atoms with Gasteiger partial charge in [0.1, 0.15) is 0 Å². The first-order chi connectivity index (χ1) is 13.4. The maximum absolute atomic E-state index is 3.39. The first-order valence-electron chi connectivity index (χ1n) is 12.9. The summed E-state index contributed by atoms with van der Waals surface area (Å²) in [4.78, 5) is 0. The van der Waals surface area contributed by atoms with Crippen LogP contribution in [0.1, 0.15) is 162 Å². The lowest BCUT2D eigenvalue weighted by Gasteiger charge is -2.02. The van der Waals surface area contributed by atoms with Gasteiger partial charge in [-0.15, -0.1) is 11.8 Å². The normalized spacial score (nSPS) is 10.7. The van der Waals surface area contributed by atoms with Gasteiger partial charge in [0.15, 0.2) is 0 Å². The van der Waals surface area contributed by atoms with Gasteiger partial charge in [-0.3, -0.25) is 0 Å². The second kappa shape index (κ2) is 25.6. The Hall–Kier alpha value is -0.440. The Kier molecular flexibility index (Phi) is 25.1. The fraction of sp³-hybridized carbons (Fsp3) is 0.926. The van der Waals surface area contributed by atoms with E-state index in [9.17, 15) is 0 Å². The Morgan fingerprint density at radius 2 is 0.519 bits per heavy atom. The highest BCUT2D eigenvalue weighted by molar-refractivity contribution is 4.98. The van der Waals surface area contributed by atoms with Crippen molar-refractivity contribution < 1.29 is 0 Å². The Labute approximate surface area is 173 Å². The van der Waals surface area contributed by atoms with Crippen LogP contribution in [-0.4, -0.2) is 0 Å². The van der Waals surface area contributed by atoms with Crippen molar-refractivity contribution in [2.75, 3.05) is 0 Å². The molecule has 160 valence electrons. The molecule has 0 spiro atoms. The molecule has 0 radical (unpaired) electrons. The van der Waals surface area contributed by atoms with Crippen molar-refractivity contribution >= 4 is 0 Å². The second-order valence-electron chi connectivity index (χ2n) is 8.57. The molecule has 0 aliphatic carbocycles. The molecule has 0 saturated heterocycles. The molecule has 0 nitrogen and oxygen atoms in total. The molecule has 0 aromatic heterocycles. The second-order valence-corrected chi connectivity index (χ2v) is 8.57. The lowest BCUT2D eigenvalue weighted by Crippen LogP contribution is -1.83. The number of hydrogen-bond acceptors (Lipinski definition) is 0. The van der Waals surface area contributed by atoms with E-state index < -0.39 is 0 Å². The minimum atomic E-state index is 1.13. The minimum Gasteiger partial charge on any atom is -0.103 e. The predicted molar refractivity (Wildman–Crippen MR) is 125 cm³/mol. The SMILES string of the molecule is CCCCCCCCCC#CCCCCCCCCCCCCCCCC. The van der Waals surface area contributed by atoms with Gasteiger partial charge in [0.05, 0.1) is 0 Å². The quantitative estimate of drug-likeness (QED) is 0.138. The van der Waals surface area contributed by atoms with Gasteiger partial charge in [0.2, 0.25) is 0 Å². The Morgan fingerprint density at radius 3 is 0.778 bits per heavy atom. The Balaban J connectivity index is 3.07. The molecule has 0 heterocycles. The van der Waals surface area contributed by atoms with Crippen molar-refractivity contribution in [2.45, 2.75) is 162 Å². The van der Waals surface area contributed by atoms with Crippen LogP contribution in [0.2, 0.25) is 0 Å². The average molecular weight is 377 g/mol. The summed E-state index contributed by atoms with van der Waals surface area (Å²) in [5, 5.41) is 0. The predicted octanol–water partition coefficient (Wildman–Crippen LogP) is 10.0. The minimum absolute atomic E-state index is 1.13. The van der Waals surface area contributed by atoms with Crippen LogP contribution in [0, 0.1) is 11.8 Å². The summed E-state index contributed by atoms with van der Waals surface area (Å²) in [6.07, 6.45) is 32.1. The topological polar surface area (TPSA) is 0 Å². The monoisotopic (exact) mass is 376 g/mol. The van der Waals surface area contributed by atoms with Crippen LogP contribution < -0.4 is 0 Å². The zero-order chi connectivity index (χ0) is 19.7. The van der Waals surface area contributed by atoms with Crippen molar-refractivity contribution in [3.8, 4) is 11.8 Å². The molecule has 0 fully saturated rings. The lowest BCUT2D eigenvalue weighted by atomic mass is 10.0. The van der Waals surface area contributed by atoms with E-state index in [1.165, 1.54) is 135 Å². The maximum atomic E-state index is 3.39. The molecular formula is C27H52. The molecule has 0 N–H and O–H groups in total. The Bertz CT molecular complexity index is 306. The van der Waals surface area contributed by atoms with Gasteiger partial charge < -0.3 is 0 Å². The molecule has 0 saturated carbocycles. The molecular weight excluding hydrogens is 324 g/mol. The van der Waals surface area contributed by atoms with Crippen molar-refractivity contribution in [3.63, 3.8) is 0 Å². The standard InChI is InChI=1S/C27H52/c1-3-5-7-9-11-13-15-17-19-21-23-25-27-26-24-22-20-18-16-14-12-10-8-6-4-2/h3-19,21,23-27H2,1-2H3. The third-order valence-corrected chi connectivity index (χ3v) is 5.69. The number of rotatable bonds is 21. The molecule has 27 heavy (non-hydrogen) atoms. The van der Waals surface area contributed by atoms with E-state index in [0.717, 1.165) is 12.8 Å². The molecule has 0 atom stereocenters. The van der Waals surface area contributed by atoms with E-state index in [2.05, 4.69) is 25.7 Å². The molecule has 0 aliphatic rings. The van der Waals surface area contributed by atoms with E-state index in [4.69, 9.17) is 0 Å². The molecule has 0 bridgehead atoms. The van der Waals surface area contributed by atoms with Crippen LogP contribution in [0.15, 0.2) is 0 Å². The van der Waals surface area contributed by atoms with Crippen LogP contribution in [0.25, 0.3) is 0 Å². The first kappa shape index (κ1) is 26.6. The summed E-state index contributed by atoms with van der Waals surface area (Å²) in [7, 11) is 0. The van der Waals surface area contributed by atoms with E-state index >= 15 is 0 Å². The van der Waals surface area contributed by atoms with Gasteiger partial charge in [0, 0.05) is 12.8 Å².